The lowest BCUT2D eigenvalue weighted by Crippen LogP contribution is -2.46. The van der Waals surface area contributed by atoms with Gasteiger partial charge in [-0.15, -0.1) is 0 Å². The molecule has 0 aliphatic carbocycles. The Balaban J connectivity index is 4.37. The van der Waals surface area contributed by atoms with Crippen LogP contribution in [-0.4, -0.2) is 32.2 Å². The summed E-state index contributed by atoms with van der Waals surface area (Å²) in [4.78, 5) is 2.64. The van der Waals surface area contributed by atoms with Gasteiger partial charge in [-0.2, -0.15) is 0 Å². The Morgan fingerprint density at radius 2 is 1.50 bits per heavy atom. The fourth-order valence-electron chi connectivity index (χ4n) is 2.30. The first-order valence-corrected chi connectivity index (χ1v) is 7.31. The summed E-state index contributed by atoms with van der Waals surface area (Å²) in [5.74, 6) is 0. The van der Waals surface area contributed by atoms with Crippen molar-refractivity contribution in [3.8, 4) is 0 Å². The zero-order valence-corrected chi connectivity index (χ0v) is 12.4. The minimum atomic E-state index is -0.0859. The van der Waals surface area contributed by atoms with E-state index in [1.54, 1.807) is 5.20 Å². The number of hydrogen-bond acceptors (Lipinski definition) is 1. The monoisotopic (exact) mass is 213 g/mol. The molecule has 0 radical (unpaired) electrons. The lowest BCUT2D eigenvalue weighted by molar-refractivity contribution is 0.162. The summed E-state index contributed by atoms with van der Waals surface area (Å²) < 4.78 is 0. The molecule has 0 spiro atoms. The molecule has 0 aromatic rings. The van der Waals surface area contributed by atoms with Crippen LogP contribution in [0.2, 0.25) is 0 Å². The summed E-state index contributed by atoms with van der Waals surface area (Å²) in [5, 5.41) is 1.63. The number of hydrogen-bond donors (Lipinski definition) is 0. The van der Waals surface area contributed by atoms with E-state index in [0.29, 0.717) is 12.1 Å². The molecule has 0 aliphatic heterocycles. The molecule has 0 amide bonds. The molecule has 84 valence electrons. The predicted octanol–water partition coefficient (Wildman–Crippen LogP) is 2.54. The van der Waals surface area contributed by atoms with Gasteiger partial charge in [-0.1, -0.05) is 18.2 Å². The molecule has 0 aromatic carbocycles. The van der Waals surface area contributed by atoms with Crippen LogP contribution in [0.1, 0.15) is 48.5 Å². The van der Waals surface area contributed by atoms with Crippen molar-refractivity contribution in [1.29, 1.82) is 0 Å². The molecular weight excluding hydrogens is 186 g/mol. The molecule has 0 N–H and O–H groups in total. The lowest BCUT2D eigenvalue weighted by Gasteiger charge is -2.36. The van der Waals surface area contributed by atoms with Crippen LogP contribution in [0.25, 0.3) is 0 Å². The Bertz CT molecular complexity index is 177. The van der Waals surface area contributed by atoms with E-state index >= 15 is 0 Å². The summed E-state index contributed by atoms with van der Waals surface area (Å²) >= 11 is 0. The summed E-state index contributed by atoms with van der Waals surface area (Å²) in [6, 6.07) is 1.34. The molecule has 0 saturated carbocycles. The second-order valence-electron chi connectivity index (χ2n) is 4.82. The van der Waals surface area contributed by atoms with Gasteiger partial charge in [0.1, 0.15) is 0 Å². The fraction of sp³-hybridized carbons (Fsp3) is 0.833. The molecule has 1 unspecified atom stereocenters. The number of rotatable bonds is 5. The zero-order chi connectivity index (χ0) is 11.3. The van der Waals surface area contributed by atoms with E-state index in [1.807, 2.05) is 0 Å². The number of allylic oxidation sites excluding steroid dienone is 2. The van der Waals surface area contributed by atoms with Gasteiger partial charge in [0.25, 0.3) is 0 Å². The van der Waals surface area contributed by atoms with E-state index < -0.39 is 0 Å². The van der Waals surface area contributed by atoms with E-state index in [-0.39, 0.29) is 9.52 Å². The van der Waals surface area contributed by atoms with E-state index in [2.05, 4.69) is 59.4 Å². The smallest absolute Gasteiger partial charge is 0.0680 e. The summed E-state index contributed by atoms with van der Waals surface area (Å²) in [6.45, 7) is 16.0. The Labute approximate surface area is 92.4 Å². The largest absolute Gasteiger partial charge is 0.299 e. The highest BCUT2D eigenvalue weighted by molar-refractivity contribution is 6.46. The first kappa shape index (κ1) is 13.9. The van der Waals surface area contributed by atoms with Crippen molar-refractivity contribution in [2.75, 3.05) is 0 Å². The van der Waals surface area contributed by atoms with Crippen LogP contribution < -0.4 is 0 Å². The highest BCUT2D eigenvalue weighted by atomic mass is 28.2. The Morgan fingerprint density at radius 1 is 1.07 bits per heavy atom. The second kappa shape index (κ2) is 6.41. The first-order valence-electron chi connectivity index (χ1n) is 5.79. The molecular formula is C12H27NSi. The van der Waals surface area contributed by atoms with Crippen molar-refractivity contribution in [1.82, 2.24) is 4.90 Å². The SMILES string of the molecule is CC=C(C)[SiH2]C(C)N(C(C)C)C(C)C. The van der Waals surface area contributed by atoms with Crippen LogP contribution in [0.5, 0.6) is 0 Å². The molecule has 0 fully saturated rings. The maximum Gasteiger partial charge on any atom is 0.0680 e. The van der Waals surface area contributed by atoms with Crippen molar-refractivity contribution in [3.05, 3.63) is 11.3 Å². The normalized spacial score (nSPS) is 16.6. The maximum absolute atomic E-state index is 2.64. The first-order chi connectivity index (χ1) is 6.40. The molecule has 1 atom stereocenters. The maximum atomic E-state index is 2.64. The van der Waals surface area contributed by atoms with Crippen LogP contribution in [0.4, 0.5) is 0 Å². The molecule has 0 bridgehead atoms. The van der Waals surface area contributed by atoms with Crippen LogP contribution in [0, 0.1) is 0 Å². The highest BCUT2D eigenvalue weighted by Crippen LogP contribution is 2.11. The van der Waals surface area contributed by atoms with Gasteiger partial charge in [-0.3, -0.25) is 4.90 Å². The van der Waals surface area contributed by atoms with Gasteiger partial charge in [-0.05, 0) is 47.2 Å². The number of nitrogens with zero attached hydrogens (tertiary/aromatic N) is 1. The third-order valence-corrected chi connectivity index (χ3v) is 4.88. The third kappa shape index (κ3) is 4.42. The van der Waals surface area contributed by atoms with Gasteiger partial charge in [0.05, 0.1) is 9.52 Å². The Hall–Kier alpha value is -0.0831. The second-order valence-corrected chi connectivity index (χ2v) is 7.53. The minimum Gasteiger partial charge on any atom is -0.299 e. The van der Waals surface area contributed by atoms with Gasteiger partial charge in [0, 0.05) is 12.1 Å². The van der Waals surface area contributed by atoms with Gasteiger partial charge in [0.2, 0.25) is 0 Å². The summed E-state index contributed by atoms with van der Waals surface area (Å²) in [5.41, 5.74) is 0.784. The Morgan fingerprint density at radius 3 is 1.79 bits per heavy atom. The van der Waals surface area contributed by atoms with E-state index in [4.69, 9.17) is 0 Å². The van der Waals surface area contributed by atoms with Crippen molar-refractivity contribution < 1.29 is 0 Å². The average Bonchev–Trinajstić information content (AvgIpc) is 2.02. The third-order valence-electron chi connectivity index (χ3n) is 2.81. The summed E-state index contributed by atoms with van der Waals surface area (Å²) in [7, 11) is -0.0859. The van der Waals surface area contributed by atoms with Gasteiger partial charge < -0.3 is 0 Å². The van der Waals surface area contributed by atoms with Crippen molar-refractivity contribution >= 4 is 9.52 Å². The van der Waals surface area contributed by atoms with Crippen LogP contribution >= 0.6 is 0 Å². The van der Waals surface area contributed by atoms with E-state index in [0.717, 1.165) is 5.67 Å². The van der Waals surface area contributed by atoms with Crippen molar-refractivity contribution in [2.24, 2.45) is 0 Å². The standard InChI is InChI=1S/C12H27NSi/c1-8-11(6)14-12(7)13(9(2)3)10(4)5/h8-10,12H,14H2,1-7H3. The average molecular weight is 213 g/mol. The van der Waals surface area contributed by atoms with Crippen LogP contribution in [0.3, 0.4) is 0 Å². The molecule has 2 heteroatoms. The molecule has 0 aliphatic rings. The van der Waals surface area contributed by atoms with Crippen LogP contribution in [0.15, 0.2) is 11.3 Å². The molecule has 0 rings (SSSR count). The van der Waals surface area contributed by atoms with Gasteiger partial charge >= 0.3 is 0 Å². The minimum absolute atomic E-state index is 0.0859. The topological polar surface area (TPSA) is 3.24 Å². The van der Waals surface area contributed by atoms with E-state index in [1.165, 1.54) is 0 Å². The molecule has 14 heavy (non-hydrogen) atoms. The molecule has 0 aromatic heterocycles. The zero-order valence-electron chi connectivity index (χ0n) is 11.0. The van der Waals surface area contributed by atoms with Crippen LogP contribution in [-0.2, 0) is 0 Å². The summed E-state index contributed by atoms with van der Waals surface area (Å²) in [6.07, 6.45) is 2.28. The fourth-order valence-corrected chi connectivity index (χ4v) is 4.53. The van der Waals surface area contributed by atoms with Crippen molar-refractivity contribution in [2.45, 2.75) is 66.2 Å². The molecule has 0 heterocycles. The predicted molar refractivity (Wildman–Crippen MR) is 69.5 cm³/mol. The van der Waals surface area contributed by atoms with Gasteiger partial charge in [0.15, 0.2) is 0 Å². The molecule has 0 saturated heterocycles. The van der Waals surface area contributed by atoms with Crippen molar-refractivity contribution in [3.63, 3.8) is 0 Å². The van der Waals surface area contributed by atoms with E-state index in [9.17, 15) is 0 Å². The Kier molecular flexibility index (Phi) is 6.37. The molecule has 1 nitrogen and oxygen atoms in total. The quantitative estimate of drug-likeness (QED) is 0.635. The highest BCUT2D eigenvalue weighted by Gasteiger charge is 2.20. The lowest BCUT2D eigenvalue weighted by atomic mass is 10.2. The van der Waals surface area contributed by atoms with Gasteiger partial charge in [-0.25, -0.2) is 0 Å².